The van der Waals surface area contributed by atoms with Gasteiger partial charge in [0, 0.05) is 0 Å². The molecule has 0 bridgehead atoms. The van der Waals surface area contributed by atoms with E-state index in [1.165, 1.54) is 12.1 Å². The summed E-state index contributed by atoms with van der Waals surface area (Å²) in [6.07, 6.45) is 1.08. The molecule has 0 saturated heterocycles. The highest BCUT2D eigenvalue weighted by molar-refractivity contribution is 6.08. The molecular weight excluding hydrogens is 243 g/mol. The highest BCUT2D eigenvalue weighted by Gasteiger charge is 2.19. The van der Waals surface area contributed by atoms with Crippen LogP contribution in [0.3, 0.4) is 0 Å². The van der Waals surface area contributed by atoms with Gasteiger partial charge in [-0.1, -0.05) is 6.07 Å². The van der Waals surface area contributed by atoms with E-state index < -0.39 is 17.8 Å². The number of carboxylic acid groups (broad SMARTS) is 1. The highest BCUT2D eigenvalue weighted by Crippen LogP contribution is 2.08. The standard InChI is InChI=1S/C10H7FN4O3/c11-5-2-1-3-6(14-5)15-9(16)7-8(10(17)18)13-4-12-7/h1-4H,(H,12,13)(H,17,18)(H,14,15,16). The molecule has 0 radical (unpaired) electrons. The van der Waals surface area contributed by atoms with Gasteiger partial charge in [0.1, 0.15) is 5.82 Å². The molecule has 3 N–H and O–H groups in total. The molecule has 2 rings (SSSR count). The number of hydrogen-bond donors (Lipinski definition) is 3. The molecule has 0 aliphatic heterocycles. The fourth-order valence-electron chi connectivity index (χ4n) is 1.28. The van der Waals surface area contributed by atoms with E-state index in [4.69, 9.17) is 5.11 Å². The van der Waals surface area contributed by atoms with Crippen molar-refractivity contribution in [2.24, 2.45) is 0 Å². The molecule has 7 nitrogen and oxygen atoms in total. The second kappa shape index (κ2) is 4.62. The van der Waals surface area contributed by atoms with Crippen LogP contribution in [0, 0.1) is 5.95 Å². The first-order valence-electron chi connectivity index (χ1n) is 4.78. The van der Waals surface area contributed by atoms with E-state index in [2.05, 4.69) is 20.3 Å². The number of halogens is 1. The average Bonchev–Trinajstić information content (AvgIpc) is 2.77. The van der Waals surface area contributed by atoms with Crippen molar-refractivity contribution in [1.29, 1.82) is 0 Å². The van der Waals surface area contributed by atoms with Crippen molar-refractivity contribution >= 4 is 17.7 Å². The Hall–Kier alpha value is -2.77. The number of aromatic nitrogens is 3. The number of amides is 1. The number of nitrogens with zero attached hydrogens (tertiary/aromatic N) is 2. The number of anilines is 1. The maximum absolute atomic E-state index is 12.8. The third kappa shape index (κ3) is 2.32. The van der Waals surface area contributed by atoms with Gasteiger partial charge in [-0.3, -0.25) is 4.79 Å². The lowest BCUT2D eigenvalue weighted by molar-refractivity contribution is 0.0686. The lowest BCUT2D eigenvalue weighted by Gasteiger charge is -2.02. The zero-order valence-corrected chi connectivity index (χ0v) is 8.85. The number of rotatable bonds is 3. The summed E-state index contributed by atoms with van der Waals surface area (Å²) in [5.41, 5.74) is -0.641. The van der Waals surface area contributed by atoms with Gasteiger partial charge in [-0.25, -0.2) is 14.8 Å². The van der Waals surface area contributed by atoms with Crippen molar-refractivity contribution in [2.75, 3.05) is 5.32 Å². The molecule has 0 spiro atoms. The lowest BCUT2D eigenvalue weighted by atomic mass is 10.3. The van der Waals surface area contributed by atoms with Crippen LogP contribution >= 0.6 is 0 Å². The van der Waals surface area contributed by atoms with Gasteiger partial charge in [0.15, 0.2) is 11.4 Å². The first-order chi connectivity index (χ1) is 8.58. The van der Waals surface area contributed by atoms with E-state index in [0.29, 0.717) is 0 Å². The Morgan fingerprint density at radius 3 is 2.83 bits per heavy atom. The lowest BCUT2D eigenvalue weighted by Crippen LogP contribution is -2.17. The van der Waals surface area contributed by atoms with Gasteiger partial charge in [0.2, 0.25) is 5.95 Å². The monoisotopic (exact) mass is 250 g/mol. The van der Waals surface area contributed by atoms with E-state index >= 15 is 0 Å². The van der Waals surface area contributed by atoms with Gasteiger partial charge in [-0.15, -0.1) is 0 Å². The second-order valence-electron chi connectivity index (χ2n) is 3.23. The molecule has 2 heterocycles. The minimum Gasteiger partial charge on any atom is -0.477 e. The molecule has 1 amide bonds. The highest BCUT2D eigenvalue weighted by atomic mass is 19.1. The van der Waals surface area contributed by atoms with Crippen molar-refractivity contribution in [3.05, 3.63) is 41.9 Å². The van der Waals surface area contributed by atoms with Gasteiger partial charge in [-0.2, -0.15) is 4.39 Å². The smallest absolute Gasteiger partial charge is 0.354 e. The van der Waals surface area contributed by atoms with Crippen LogP contribution in [-0.2, 0) is 0 Å². The molecule has 18 heavy (non-hydrogen) atoms. The number of aromatic amines is 1. The van der Waals surface area contributed by atoms with E-state index in [9.17, 15) is 14.0 Å². The Kier molecular flexibility index (Phi) is 3.00. The molecular formula is C10H7FN4O3. The number of imidazole rings is 1. The maximum atomic E-state index is 12.8. The molecule has 0 aliphatic carbocycles. The Bertz CT molecular complexity index is 611. The van der Waals surface area contributed by atoms with Gasteiger partial charge in [-0.05, 0) is 12.1 Å². The van der Waals surface area contributed by atoms with Crippen LogP contribution < -0.4 is 5.32 Å². The summed E-state index contributed by atoms with van der Waals surface area (Å²) >= 11 is 0. The molecule has 0 aliphatic rings. The molecule has 2 aromatic rings. The molecule has 0 fully saturated rings. The number of carbonyl (C=O) groups excluding carboxylic acids is 1. The first kappa shape index (κ1) is 11.7. The van der Waals surface area contributed by atoms with Crippen molar-refractivity contribution < 1.29 is 19.1 Å². The number of hydrogen-bond acceptors (Lipinski definition) is 4. The minimum absolute atomic E-state index is 0.0284. The maximum Gasteiger partial charge on any atom is 0.354 e. The fourth-order valence-corrected chi connectivity index (χ4v) is 1.28. The van der Waals surface area contributed by atoms with Crippen molar-refractivity contribution in [1.82, 2.24) is 15.0 Å². The zero-order chi connectivity index (χ0) is 13.1. The van der Waals surface area contributed by atoms with Crippen LogP contribution in [0.1, 0.15) is 21.0 Å². The normalized spacial score (nSPS) is 10.1. The van der Waals surface area contributed by atoms with Crippen LogP contribution in [0.5, 0.6) is 0 Å². The molecule has 8 heteroatoms. The van der Waals surface area contributed by atoms with Crippen molar-refractivity contribution in [3.8, 4) is 0 Å². The van der Waals surface area contributed by atoms with Crippen molar-refractivity contribution in [2.45, 2.75) is 0 Å². The third-order valence-electron chi connectivity index (χ3n) is 2.02. The van der Waals surface area contributed by atoms with Crippen molar-refractivity contribution in [3.63, 3.8) is 0 Å². The number of nitrogens with one attached hydrogen (secondary N) is 2. The van der Waals surface area contributed by atoms with E-state index in [1.54, 1.807) is 0 Å². The zero-order valence-electron chi connectivity index (χ0n) is 8.85. The Morgan fingerprint density at radius 1 is 1.39 bits per heavy atom. The Morgan fingerprint density at radius 2 is 2.17 bits per heavy atom. The quantitative estimate of drug-likeness (QED) is 0.701. The number of carbonyl (C=O) groups is 2. The average molecular weight is 250 g/mol. The Balaban J connectivity index is 2.22. The van der Waals surface area contributed by atoms with Gasteiger partial charge < -0.3 is 15.4 Å². The van der Waals surface area contributed by atoms with Crippen LogP contribution in [0.4, 0.5) is 10.2 Å². The molecule has 2 aromatic heterocycles. The fraction of sp³-hybridized carbons (Fsp3) is 0. The van der Waals surface area contributed by atoms with Crippen LogP contribution in [0.25, 0.3) is 0 Å². The molecule has 0 atom stereocenters. The Labute approximate surface area is 99.7 Å². The van der Waals surface area contributed by atoms with Crippen LogP contribution in [0.2, 0.25) is 0 Å². The van der Waals surface area contributed by atoms with E-state index in [-0.39, 0.29) is 17.2 Å². The van der Waals surface area contributed by atoms with E-state index in [1.807, 2.05) is 0 Å². The first-order valence-corrected chi connectivity index (χ1v) is 4.78. The van der Waals surface area contributed by atoms with E-state index in [0.717, 1.165) is 12.4 Å². The topological polar surface area (TPSA) is 108 Å². The predicted molar refractivity (Wildman–Crippen MR) is 57.7 cm³/mol. The summed E-state index contributed by atoms with van der Waals surface area (Å²) in [6, 6.07) is 3.85. The molecule has 0 unspecified atom stereocenters. The molecule has 92 valence electrons. The predicted octanol–water partition coefficient (Wildman–Crippen LogP) is 0.894. The van der Waals surface area contributed by atoms with Gasteiger partial charge in [0.25, 0.3) is 5.91 Å². The summed E-state index contributed by atoms with van der Waals surface area (Å²) in [7, 11) is 0. The summed E-state index contributed by atoms with van der Waals surface area (Å²) in [6.45, 7) is 0. The summed E-state index contributed by atoms with van der Waals surface area (Å²) < 4.78 is 12.8. The number of pyridine rings is 1. The molecule has 0 saturated carbocycles. The number of aromatic carboxylic acids is 1. The number of H-pyrrole nitrogens is 1. The largest absolute Gasteiger partial charge is 0.477 e. The second-order valence-corrected chi connectivity index (χ2v) is 3.23. The van der Waals surface area contributed by atoms with Crippen LogP contribution in [-0.4, -0.2) is 31.9 Å². The summed E-state index contributed by atoms with van der Waals surface area (Å²) in [5.74, 6) is -2.88. The summed E-state index contributed by atoms with van der Waals surface area (Å²) in [5, 5.41) is 11.0. The molecule has 0 aromatic carbocycles. The summed E-state index contributed by atoms with van der Waals surface area (Å²) in [4.78, 5) is 31.8. The third-order valence-corrected chi connectivity index (χ3v) is 2.02. The number of carboxylic acids is 1. The van der Waals surface area contributed by atoms with Gasteiger partial charge in [0.05, 0.1) is 6.33 Å². The van der Waals surface area contributed by atoms with Gasteiger partial charge >= 0.3 is 5.97 Å². The minimum atomic E-state index is -1.31. The SMILES string of the molecule is O=C(Nc1cccc(F)n1)c1nc[nH]c1C(=O)O. The van der Waals surface area contributed by atoms with Crippen LogP contribution in [0.15, 0.2) is 24.5 Å².